The minimum atomic E-state index is -0.0382. The first-order valence-corrected chi connectivity index (χ1v) is 8.75. The van der Waals surface area contributed by atoms with Crippen LogP contribution in [-0.2, 0) is 6.54 Å². The fourth-order valence-corrected chi connectivity index (χ4v) is 3.47. The number of rotatable bonds is 4. The molecule has 0 aromatic heterocycles. The van der Waals surface area contributed by atoms with Gasteiger partial charge in [-0.2, -0.15) is 0 Å². The number of likely N-dealkylation sites (tertiary alicyclic amines) is 1. The number of hydrogen-bond acceptors (Lipinski definition) is 2. The first-order valence-electron chi connectivity index (χ1n) is 8.75. The van der Waals surface area contributed by atoms with E-state index in [-0.39, 0.29) is 5.91 Å². The van der Waals surface area contributed by atoms with Gasteiger partial charge in [0.15, 0.2) is 0 Å². The summed E-state index contributed by atoms with van der Waals surface area (Å²) in [5, 5.41) is 3.07. The summed E-state index contributed by atoms with van der Waals surface area (Å²) in [6.45, 7) is 8.40. The quantitative estimate of drug-likeness (QED) is 0.896. The Morgan fingerprint density at radius 1 is 1.17 bits per heavy atom. The molecule has 0 unspecified atom stereocenters. The van der Waals surface area contributed by atoms with Crippen LogP contribution in [0.15, 0.2) is 42.5 Å². The Kier molecular flexibility index (Phi) is 5.00. The van der Waals surface area contributed by atoms with Crippen LogP contribution in [0.2, 0.25) is 0 Å². The smallest absolute Gasteiger partial charge is 0.255 e. The maximum absolute atomic E-state index is 12.6. The van der Waals surface area contributed by atoms with Gasteiger partial charge in [0.05, 0.1) is 0 Å². The number of nitrogens with zero attached hydrogens (tertiary/aromatic N) is 1. The third-order valence-corrected chi connectivity index (χ3v) is 4.99. The van der Waals surface area contributed by atoms with Gasteiger partial charge in [0.1, 0.15) is 0 Å². The lowest BCUT2D eigenvalue weighted by atomic mass is 10.1. The SMILES string of the molecule is Cc1cccc(C)c1NC(=O)c1cccc(CN2CCC[C@H]2C)c1. The fraction of sp³-hybridized carbons (Fsp3) is 0.381. The molecule has 3 heteroatoms. The molecule has 2 aromatic rings. The van der Waals surface area contributed by atoms with Gasteiger partial charge < -0.3 is 5.32 Å². The Labute approximate surface area is 144 Å². The second-order valence-corrected chi connectivity index (χ2v) is 6.88. The summed E-state index contributed by atoms with van der Waals surface area (Å²) in [6.07, 6.45) is 2.54. The van der Waals surface area contributed by atoms with Crippen LogP contribution in [0.4, 0.5) is 5.69 Å². The van der Waals surface area contributed by atoms with E-state index in [1.54, 1.807) is 0 Å². The Morgan fingerprint density at radius 2 is 1.88 bits per heavy atom. The highest BCUT2D eigenvalue weighted by Crippen LogP contribution is 2.22. The zero-order chi connectivity index (χ0) is 17.1. The molecule has 0 bridgehead atoms. The molecular weight excluding hydrogens is 296 g/mol. The zero-order valence-electron chi connectivity index (χ0n) is 14.8. The van der Waals surface area contributed by atoms with Crippen molar-refractivity contribution in [1.82, 2.24) is 4.90 Å². The van der Waals surface area contributed by atoms with Gasteiger partial charge in [0.2, 0.25) is 0 Å². The number of hydrogen-bond donors (Lipinski definition) is 1. The van der Waals surface area contributed by atoms with E-state index < -0.39 is 0 Å². The first kappa shape index (κ1) is 16.7. The number of carbonyl (C=O) groups is 1. The highest BCUT2D eigenvalue weighted by atomic mass is 16.1. The molecular formula is C21H26N2O. The zero-order valence-corrected chi connectivity index (χ0v) is 14.8. The summed E-state index contributed by atoms with van der Waals surface area (Å²) in [6, 6.07) is 14.7. The lowest BCUT2D eigenvalue weighted by Gasteiger charge is -2.21. The maximum atomic E-state index is 12.6. The number of benzene rings is 2. The molecule has 0 spiro atoms. The first-order chi connectivity index (χ1) is 11.5. The molecule has 0 saturated carbocycles. The van der Waals surface area contributed by atoms with Crippen molar-refractivity contribution < 1.29 is 4.79 Å². The van der Waals surface area contributed by atoms with Crippen LogP contribution in [-0.4, -0.2) is 23.4 Å². The Bertz CT molecular complexity index is 718. The van der Waals surface area contributed by atoms with Crippen molar-refractivity contribution in [3.8, 4) is 0 Å². The average Bonchev–Trinajstić information content (AvgIpc) is 2.96. The van der Waals surface area contributed by atoms with Gasteiger partial charge in [-0.3, -0.25) is 9.69 Å². The van der Waals surface area contributed by atoms with Crippen LogP contribution in [0.3, 0.4) is 0 Å². The summed E-state index contributed by atoms with van der Waals surface area (Å²) in [4.78, 5) is 15.1. The van der Waals surface area contributed by atoms with Crippen LogP contribution in [0.1, 0.15) is 46.8 Å². The molecule has 1 N–H and O–H groups in total. The minimum Gasteiger partial charge on any atom is -0.322 e. The van der Waals surface area contributed by atoms with Gasteiger partial charge in [-0.05, 0) is 69.0 Å². The summed E-state index contributed by atoms with van der Waals surface area (Å²) in [5.41, 5.74) is 5.02. The summed E-state index contributed by atoms with van der Waals surface area (Å²) < 4.78 is 0. The Balaban J connectivity index is 1.74. The molecule has 1 saturated heterocycles. The van der Waals surface area contributed by atoms with Crippen LogP contribution >= 0.6 is 0 Å². The molecule has 1 aliphatic heterocycles. The van der Waals surface area contributed by atoms with E-state index in [1.807, 2.05) is 50.2 Å². The van der Waals surface area contributed by atoms with E-state index in [0.717, 1.165) is 35.5 Å². The average molecular weight is 322 g/mol. The van der Waals surface area contributed by atoms with Crippen molar-refractivity contribution in [2.75, 3.05) is 11.9 Å². The molecule has 3 nitrogen and oxygen atoms in total. The molecule has 24 heavy (non-hydrogen) atoms. The lowest BCUT2D eigenvalue weighted by molar-refractivity contribution is 0.102. The number of nitrogens with one attached hydrogen (secondary N) is 1. The van der Waals surface area contributed by atoms with Crippen molar-refractivity contribution in [1.29, 1.82) is 0 Å². The monoisotopic (exact) mass is 322 g/mol. The van der Waals surface area contributed by atoms with Crippen molar-refractivity contribution in [3.05, 3.63) is 64.7 Å². The third-order valence-electron chi connectivity index (χ3n) is 4.99. The van der Waals surface area contributed by atoms with Crippen molar-refractivity contribution in [2.24, 2.45) is 0 Å². The molecule has 1 aliphatic rings. The minimum absolute atomic E-state index is 0.0382. The Hall–Kier alpha value is -2.13. The van der Waals surface area contributed by atoms with Gasteiger partial charge in [0.25, 0.3) is 5.91 Å². The van der Waals surface area contributed by atoms with Gasteiger partial charge >= 0.3 is 0 Å². The fourth-order valence-electron chi connectivity index (χ4n) is 3.47. The molecule has 1 amide bonds. The van der Waals surface area contributed by atoms with Crippen molar-refractivity contribution in [3.63, 3.8) is 0 Å². The van der Waals surface area contributed by atoms with Gasteiger partial charge in [0, 0.05) is 23.8 Å². The van der Waals surface area contributed by atoms with E-state index in [1.165, 1.54) is 18.4 Å². The Morgan fingerprint density at radius 3 is 2.54 bits per heavy atom. The number of para-hydroxylation sites is 1. The number of carbonyl (C=O) groups excluding carboxylic acids is 1. The van der Waals surface area contributed by atoms with E-state index in [2.05, 4.69) is 23.2 Å². The molecule has 2 aromatic carbocycles. The predicted molar refractivity (Wildman–Crippen MR) is 99.4 cm³/mol. The summed E-state index contributed by atoms with van der Waals surface area (Å²) >= 11 is 0. The standard InChI is InChI=1S/C21H26N2O/c1-15-7-4-8-16(2)20(15)22-21(24)19-11-5-10-18(13-19)14-23-12-6-9-17(23)3/h4-5,7-8,10-11,13,17H,6,9,12,14H2,1-3H3,(H,22,24)/t17-/m1/s1. The van der Waals surface area contributed by atoms with Crippen molar-refractivity contribution >= 4 is 11.6 Å². The van der Waals surface area contributed by atoms with Gasteiger partial charge in [-0.15, -0.1) is 0 Å². The maximum Gasteiger partial charge on any atom is 0.255 e. The molecule has 3 rings (SSSR count). The van der Waals surface area contributed by atoms with Crippen LogP contribution < -0.4 is 5.32 Å². The van der Waals surface area contributed by atoms with Crippen LogP contribution in [0.25, 0.3) is 0 Å². The van der Waals surface area contributed by atoms with Crippen LogP contribution in [0.5, 0.6) is 0 Å². The molecule has 1 heterocycles. The summed E-state index contributed by atoms with van der Waals surface area (Å²) in [5.74, 6) is -0.0382. The van der Waals surface area contributed by atoms with Crippen molar-refractivity contribution in [2.45, 2.75) is 46.2 Å². The summed E-state index contributed by atoms with van der Waals surface area (Å²) in [7, 11) is 0. The second kappa shape index (κ2) is 7.18. The largest absolute Gasteiger partial charge is 0.322 e. The van der Waals surface area contributed by atoms with E-state index >= 15 is 0 Å². The molecule has 126 valence electrons. The normalized spacial score (nSPS) is 17.9. The highest BCUT2D eigenvalue weighted by Gasteiger charge is 2.20. The lowest BCUT2D eigenvalue weighted by Crippen LogP contribution is -2.26. The van der Waals surface area contributed by atoms with Gasteiger partial charge in [-0.25, -0.2) is 0 Å². The third kappa shape index (κ3) is 3.68. The topological polar surface area (TPSA) is 32.3 Å². The van der Waals surface area contributed by atoms with E-state index in [4.69, 9.17) is 0 Å². The number of aryl methyl sites for hydroxylation is 2. The van der Waals surface area contributed by atoms with Gasteiger partial charge in [-0.1, -0.05) is 30.3 Å². The molecule has 0 radical (unpaired) electrons. The highest BCUT2D eigenvalue weighted by molar-refractivity contribution is 6.05. The van der Waals surface area contributed by atoms with E-state index in [9.17, 15) is 4.79 Å². The number of amides is 1. The molecule has 1 fully saturated rings. The van der Waals surface area contributed by atoms with Crippen LogP contribution in [0, 0.1) is 13.8 Å². The van der Waals surface area contributed by atoms with E-state index in [0.29, 0.717) is 6.04 Å². The second-order valence-electron chi connectivity index (χ2n) is 6.88. The predicted octanol–water partition coefficient (Wildman–Crippen LogP) is 4.54. The molecule has 1 atom stereocenters. The number of anilines is 1. The molecule has 0 aliphatic carbocycles.